The average molecular weight is 307 g/mol. The molecule has 0 amide bonds. The molecule has 0 bridgehead atoms. The Balaban J connectivity index is 1.90. The second-order valence-electron chi connectivity index (χ2n) is 4.44. The lowest BCUT2D eigenvalue weighted by Crippen LogP contribution is -2.28. The monoisotopic (exact) mass is 306 g/mol. The summed E-state index contributed by atoms with van der Waals surface area (Å²) in [5.74, 6) is 1.08. The molecule has 3 rings (SSSR count). The number of H-pyrrole nitrogens is 2. The number of fused-ring (bicyclic) bond motifs is 1. The summed E-state index contributed by atoms with van der Waals surface area (Å²) in [6, 6.07) is 6.88. The highest BCUT2D eigenvalue weighted by Gasteiger charge is 2.10. The summed E-state index contributed by atoms with van der Waals surface area (Å²) in [6.07, 6.45) is 0. The Kier molecular flexibility index (Phi) is 3.26. The molecule has 21 heavy (non-hydrogen) atoms. The van der Waals surface area contributed by atoms with Gasteiger partial charge in [0.05, 0.1) is 0 Å². The molecule has 7 nitrogen and oxygen atoms in total. The van der Waals surface area contributed by atoms with Gasteiger partial charge in [-0.3, -0.25) is 14.3 Å². The molecule has 0 aliphatic heterocycles. The van der Waals surface area contributed by atoms with E-state index in [1.807, 2.05) is 0 Å². The number of ether oxygens (including phenoxy) is 1. The van der Waals surface area contributed by atoms with Gasteiger partial charge in [-0.25, -0.2) is 9.78 Å². The maximum Gasteiger partial charge on any atom is 0.329 e. The van der Waals surface area contributed by atoms with E-state index in [0.717, 1.165) is 0 Å². The van der Waals surface area contributed by atoms with E-state index in [0.29, 0.717) is 22.2 Å². The number of aryl methyl sites for hydroxylation is 1. The largest absolute Gasteiger partial charge is 0.486 e. The molecule has 0 aliphatic rings. The maximum absolute atomic E-state index is 11.7. The van der Waals surface area contributed by atoms with Gasteiger partial charge in [-0.2, -0.15) is 0 Å². The van der Waals surface area contributed by atoms with Gasteiger partial charge in [0.25, 0.3) is 5.56 Å². The van der Waals surface area contributed by atoms with Gasteiger partial charge in [0.15, 0.2) is 5.65 Å². The van der Waals surface area contributed by atoms with Gasteiger partial charge in [0, 0.05) is 12.1 Å². The molecule has 108 valence electrons. The third-order valence-electron chi connectivity index (χ3n) is 2.99. The van der Waals surface area contributed by atoms with Gasteiger partial charge in [0.2, 0.25) is 0 Å². The zero-order chi connectivity index (χ0) is 15.0. The van der Waals surface area contributed by atoms with Crippen LogP contribution in [0.4, 0.5) is 0 Å². The highest BCUT2D eigenvalue weighted by Crippen LogP contribution is 2.16. The number of aromatic amines is 2. The number of benzene rings is 1. The molecule has 0 spiro atoms. The molecule has 0 atom stereocenters. The summed E-state index contributed by atoms with van der Waals surface area (Å²) < 4.78 is 6.80. The SMILES string of the molecule is Cn1c(=O)[nH]c(=O)c2[nH]c(COc3ccc(Cl)cc3)nc21. The fourth-order valence-corrected chi connectivity index (χ4v) is 2.03. The third kappa shape index (κ3) is 2.55. The van der Waals surface area contributed by atoms with E-state index in [1.165, 1.54) is 11.6 Å². The van der Waals surface area contributed by atoms with Crippen LogP contribution in [0, 0.1) is 0 Å². The normalized spacial score (nSPS) is 11.0. The van der Waals surface area contributed by atoms with Crippen LogP contribution in [-0.4, -0.2) is 19.5 Å². The number of hydrogen-bond acceptors (Lipinski definition) is 4. The van der Waals surface area contributed by atoms with Crippen LogP contribution in [0.3, 0.4) is 0 Å². The first-order valence-electron chi connectivity index (χ1n) is 6.11. The van der Waals surface area contributed by atoms with Crippen LogP contribution in [0.15, 0.2) is 33.9 Å². The molecule has 2 heterocycles. The smallest absolute Gasteiger partial charge is 0.329 e. The Hall–Kier alpha value is -2.54. The summed E-state index contributed by atoms with van der Waals surface area (Å²) in [6.45, 7) is 0.143. The van der Waals surface area contributed by atoms with Crippen molar-refractivity contribution in [3.63, 3.8) is 0 Å². The Labute approximate surface area is 123 Å². The predicted molar refractivity (Wildman–Crippen MR) is 77.7 cm³/mol. The van der Waals surface area contributed by atoms with Crippen molar-refractivity contribution >= 4 is 22.8 Å². The number of nitrogens with one attached hydrogen (secondary N) is 2. The van der Waals surface area contributed by atoms with Crippen molar-refractivity contribution in [1.29, 1.82) is 0 Å². The topological polar surface area (TPSA) is 92.8 Å². The number of hydrogen-bond donors (Lipinski definition) is 2. The highest BCUT2D eigenvalue weighted by atomic mass is 35.5. The van der Waals surface area contributed by atoms with E-state index in [4.69, 9.17) is 16.3 Å². The van der Waals surface area contributed by atoms with Crippen LogP contribution in [0.1, 0.15) is 5.82 Å². The lowest BCUT2D eigenvalue weighted by Gasteiger charge is -2.03. The molecule has 0 saturated carbocycles. The lowest BCUT2D eigenvalue weighted by atomic mass is 10.3. The summed E-state index contributed by atoms with van der Waals surface area (Å²) in [5.41, 5.74) is -0.479. The summed E-state index contributed by atoms with van der Waals surface area (Å²) >= 11 is 5.79. The minimum atomic E-state index is -0.510. The van der Waals surface area contributed by atoms with Gasteiger partial charge in [0.1, 0.15) is 23.7 Å². The van der Waals surface area contributed by atoms with Crippen LogP contribution in [0.25, 0.3) is 11.2 Å². The van der Waals surface area contributed by atoms with Crippen LogP contribution in [0.5, 0.6) is 5.75 Å². The molecule has 0 saturated heterocycles. The quantitative estimate of drug-likeness (QED) is 0.760. The van der Waals surface area contributed by atoms with Gasteiger partial charge in [-0.15, -0.1) is 0 Å². The number of nitrogens with zero attached hydrogens (tertiary/aromatic N) is 2. The first kappa shape index (κ1) is 13.4. The van der Waals surface area contributed by atoms with Gasteiger partial charge >= 0.3 is 5.69 Å². The second kappa shape index (κ2) is 5.10. The minimum absolute atomic E-state index is 0.143. The molecule has 2 aromatic heterocycles. The van der Waals surface area contributed by atoms with Crippen molar-refractivity contribution in [3.8, 4) is 5.75 Å². The number of rotatable bonds is 3. The van der Waals surface area contributed by atoms with Crippen molar-refractivity contribution in [2.75, 3.05) is 0 Å². The van der Waals surface area contributed by atoms with Crippen molar-refractivity contribution in [2.45, 2.75) is 6.61 Å². The van der Waals surface area contributed by atoms with Gasteiger partial charge in [-0.1, -0.05) is 11.6 Å². The van der Waals surface area contributed by atoms with Crippen molar-refractivity contribution in [1.82, 2.24) is 19.5 Å². The van der Waals surface area contributed by atoms with E-state index < -0.39 is 11.2 Å². The predicted octanol–water partition coefficient (Wildman–Crippen LogP) is 1.18. The first-order chi connectivity index (χ1) is 10.0. The molecule has 0 aliphatic carbocycles. The molecular formula is C13H11ClN4O3. The Morgan fingerprint density at radius 3 is 2.67 bits per heavy atom. The van der Waals surface area contributed by atoms with Crippen molar-refractivity contribution < 1.29 is 4.74 Å². The average Bonchev–Trinajstić information content (AvgIpc) is 2.89. The van der Waals surface area contributed by atoms with E-state index in [1.54, 1.807) is 24.3 Å². The Morgan fingerprint density at radius 2 is 1.95 bits per heavy atom. The molecule has 0 unspecified atom stereocenters. The highest BCUT2D eigenvalue weighted by molar-refractivity contribution is 6.30. The molecule has 1 aromatic carbocycles. The summed E-state index contributed by atoms with van der Waals surface area (Å²) in [5, 5.41) is 0.618. The molecule has 8 heteroatoms. The zero-order valence-corrected chi connectivity index (χ0v) is 11.8. The third-order valence-corrected chi connectivity index (χ3v) is 3.24. The molecule has 0 radical (unpaired) electrons. The van der Waals surface area contributed by atoms with Crippen molar-refractivity contribution in [3.05, 3.63) is 56.0 Å². The van der Waals surface area contributed by atoms with E-state index in [9.17, 15) is 9.59 Å². The summed E-state index contributed by atoms with van der Waals surface area (Å²) in [4.78, 5) is 32.4. The Morgan fingerprint density at radius 1 is 1.24 bits per heavy atom. The maximum atomic E-state index is 11.7. The number of aromatic nitrogens is 4. The van der Waals surface area contributed by atoms with Gasteiger partial charge < -0.3 is 9.72 Å². The number of halogens is 1. The van der Waals surface area contributed by atoms with Crippen molar-refractivity contribution in [2.24, 2.45) is 7.05 Å². The zero-order valence-electron chi connectivity index (χ0n) is 11.0. The van der Waals surface area contributed by atoms with Crippen LogP contribution < -0.4 is 16.0 Å². The second-order valence-corrected chi connectivity index (χ2v) is 4.88. The number of imidazole rings is 1. The minimum Gasteiger partial charge on any atom is -0.486 e. The van der Waals surface area contributed by atoms with E-state index in [-0.39, 0.29) is 12.1 Å². The first-order valence-corrected chi connectivity index (χ1v) is 6.48. The fraction of sp³-hybridized carbons (Fsp3) is 0.154. The lowest BCUT2D eigenvalue weighted by molar-refractivity contribution is 0.297. The summed E-state index contributed by atoms with van der Waals surface area (Å²) in [7, 11) is 1.53. The molecule has 2 N–H and O–H groups in total. The van der Waals surface area contributed by atoms with E-state index >= 15 is 0 Å². The Bertz CT molecular complexity index is 908. The fourth-order valence-electron chi connectivity index (χ4n) is 1.90. The molecule has 0 fully saturated rings. The van der Waals surface area contributed by atoms with Crippen LogP contribution in [-0.2, 0) is 13.7 Å². The van der Waals surface area contributed by atoms with Gasteiger partial charge in [-0.05, 0) is 24.3 Å². The van der Waals surface area contributed by atoms with E-state index in [2.05, 4.69) is 15.0 Å². The standard InChI is InChI=1S/C13H11ClN4O3/c1-18-11-10(12(19)17-13(18)20)15-9(16-11)6-21-8-4-2-7(14)3-5-8/h2-5H,6H2,1H3,(H,15,16)(H,17,19,20). The molecular weight excluding hydrogens is 296 g/mol. The molecule has 3 aromatic rings. The van der Waals surface area contributed by atoms with Crippen LogP contribution in [0.2, 0.25) is 5.02 Å². The van der Waals surface area contributed by atoms with Crippen LogP contribution >= 0.6 is 11.6 Å².